The van der Waals surface area contributed by atoms with Crippen LogP contribution in [0.15, 0.2) is 64.6 Å². The van der Waals surface area contributed by atoms with Gasteiger partial charge in [0.05, 0.1) is 0 Å². The summed E-state index contributed by atoms with van der Waals surface area (Å²) in [5.41, 5.74) is 9.02. The number of hydrogen-bond acceptors (Lipinski definition) is 5. The zero-order chi connectivity index (χ0) is 14.7. The van der Waals surface area contributed by atoms with Crippen LogP contribution in [0.1, 0.15) is 17.3 Å². The summed E-state index contributed by atoms with van der Waals surface area (Å²) in [5, 5.41) is 6.16. The smallest absolute Gasteiger partial charge is 0.205 e. The molecule has 1 aliphatic rings. The molecule has 3 rings (SSSR count). The predicted molar refractivity (Wildman–Crippen MR) is 86.2 cm³/mol. The minimum absolute atomic E-state index is 0.319. The van der Waals surface area contributed by atoms with Gasteiger partial charge in [0.1, 0.15) is 0 Å². The van der Waals surface area contributed by atoms with Crippen molar-refractivity contribution < 1.29 is 0 Å². The van der Waals surface area contributed by atoms with Crippen molar-refractivity contribution in [3.8, 4) is 0 Å². The molecule has 0 bridgehead atoms. The number of nitrogens with one attached hydrogen (secondary N) is 2. The van der Waals surface area contributed by atoms with Crippen molar-refractivity contribution in [2.24, 2.45) is 15.7 Å². The molecule has 0 saturated carbocycles. The minimum Gasteiger partial charge on any atom is -0.370 e. The normalized spacial score (nSPS) is 17.5. The quantitative estimate of drug-likeness (QED) is 0.790. The third kappa shape index (κ3) is 3.20. The van der Waals surface area contributed by atoms with Crippen molar-refractivity contribution >= 4 is 17.6 Å². The Morgan fingerprint density at radius 3 is 2.43 bits per heavy atom. The lowest BCUT2D eigenvalue weighted by Crippen LogP contribution is -2.43. The van der Waals surface area contributed by atoms with Crippen LogP contribution in [0.2, 0.25) is 0 Å². The maximum Gasteiger partial charge on any atom is 0.205 e. The van der Waals surface area contributed by atoms with Crippen LogP contribution in [0.25, 0.3) is 0 Å². The largest absolute Gasteiger partial charge is 0.370 e. The number of nitrogens with two attached hydrogens (primary N) is 1. The summed E-state index contributed by atoms with van der Waals surface area (Å²) in [5.74, 6) is 0.952. The molecule has 21 heavy (non-hydrogen) atoms. The van der Waals surface area contributed by atoms with E-state index in [2.05, 4.69) is 27.5 Å². The van der Waals surface area contributed by atoms with E-state index in [1.54, 1.807) is 0 Å². The highest BCUT2D eigenvalue weighted by Gasteiger charge is 2.16. The molecule has 0 aromatic heterocycles. The second-order valence-electron chi connectivity index (χ2n) is 4.89. The topological polar surface area (TPSA) is 74.8 Å². The van der Waals surface area contributed by atoms with E-state index in [-0.39, 0.29) is 6.17 Å². The maximum absolute atomic E-state index is 5.85. The van der Waals surface area contributed by atoms with Gasteiger partial charge >= 0.3 is 0 Å². The molecule has 0 unspecified atom stereocenters. The lowest BCUT2D eigenvalue weighted by atomic mass is 10.2. The Morgan fingerprint density at radius 2 is 1.71 bits per heavy atom. The average molecular weight is 279 g/mol. The molecule has 1 heterocycles. The number of guanidine groups is 2. The van der Waals surface area contributed by atoms with Gasteiger partial charge in [0, 0.05) is 5.69 Å². The van der Waals surface area contributed by atoms with Gasteiger partial charge in [-0.25, -0.2) is 9.98 Å². The van der Waals surface area contributed by atoms with Gasteiger partial charge in [0.25, 0.3) is 0 Å². The molecule has 2 aromatic carbocycles. The van der Waals surface area contributed by atoms with E-state index in [0.29, 0.717) is 11.9 Å². The Balaban J connectivity index is 1.82. The van der Waals surface area contributed by atoms with E-state index < -0.39 is 0 Å². The first kappa shape index (κ1) is 13.2. The highest BCUT2D eigenvalue weighted by atomic mass is 15.3. The van der Waals surface area contributed by atoms with E-state index in [4.69, 9.17) is 5.73 Å². The summed E-state index contributed by atoms with van der Waals surface area (Å²) in [6.45, 7) is 2.05. The van der Waals surface area contributed by atoms with Crippen molar-refractivity contribution in [3.05, 3.63) is 65.7 Å². The average Bonchev–Trinajstić information content (AvgIpc) is 2.50. The molecule has 0 spiro atoms. The number of hydrogen-bond donors (Lipinski definition) is 3. The van der Waals surface area contributed by atoms with Crippen molar-refractivity contribution in [2.75, 3.05) is 5.32 Å². The fourth-order valence-corrected chi connectivity index (χ4v) is 2.08. The molecule has 4 N–H and O–H groups in total. The monoisotopic (exact) mass is 279 g/mol. The summed E-state index contributed by atoms with van der Waals surface area (Å²) in [4.78, 5) is 8.86. The number of anilines is 1. The molecule has 2 aromatic rings. The molecule has 0 amide bonds. The summed E-state index contributed by atoms with van der Waals surface area (Å²) >= 11 is 0. The standard InChI is InChI=1S/C16H17N5/c1-11-7-9-13(10-8-11)18-16-20-14(19-15(17)21-16)12-5-3-2-4-6-12/h2-10,14H,1H3,(H4,17,18,19,20,21)/t14-/m0/s1. The predicted octanol–water partition coefficient (Wildman–Crippen LogP) is 2.38. The fraction of sp³-hybridized carbons (Fsp3) is 0.125. The van der Waals surface area contributed by atoms with Crippen molar-refractivity contribution in [1.82, 2.24) is 5.32 Å². The van der Waals surface area contributed by atoms with E-state index in [1.165, 1.54) is 5.56 Å². The number of nitrogens with zero attached hydrogens (tertiary/aromatic N) is 2. The van der Waals surface area contributed by atoms with Gasteiger partial charge in [-0.1, -0.05) is 48.0 Å². The molecule has 106 valence electrons. The Kier molecular flexibility index (Phi) is 3.55. The van der Waals surface area contributed by atoms with Crippen LogP contribution in [-0.4, -0.2) is 11.9 Å². The Morgan fingerprint density at radius 1 is 1.00 bits per heavy atom. The van der Waals surface area contributed by atoms with Crippen LogP contribution in [0.3, 0.4) is 0 Å². The molecular formula is C16H17N5. The van der Waals surface area contributed by atoms with Crippen molar-refractivity contribution in [1.29, 1.82) is 0 Å². The lowest BCUT2D eigenvalue weighted by Gasteiger charge is -2.20. The summed E-state index contributed by atoms with van der Waals surface area (Å²) in [6, 6.07) is 17.9. The first-order chi connectivity index (χ1) is 10.2. The Hall–Kier alpha value is -2.82. The van der Waals surface area contributed by atoms with Gasteiger partial charge in [-0.3, -0.25) is 5.32 Å². The molecule has 0 fully saturated rings. The first-order valence-electron chi connectivity index (χ1n) is 6.77. The second kappa shape index (κ2) is 5.66. The highest BCUT2D eigenvalue weighted by molar-refractivity contribution is 6.05. The van der Waals surface area contributed by atoms with Gasteiger partial charge in [-0.15, -0.1) is 0 Å². The van der Waals surface area contributed by atoms with Gasteiger partial charge in [-0.05, 0) is 24.6 Å². The van der Waals surface area contributed by atoms with Crippen LogP contribution in [0.4, 0.5) is 5.69 Å². The van der Waals surface area contributed by atoms with E-state index in [1.807, 2.05) is 54.6 Å². The summed E-state index contributed by atoms with van der Waals surface area (Å²) in [7, 11) is 0. The number of benzene rings is 2. The van der Waals surface area contributed by atoms with Gasteiger partial charge < -0.3 is 11.1 Å². The fourth-order valence-electron chi connectivity index (χ4n) is 2.08. The third-order valence-electron chi connectivity index (χ3n) is 3.17. The van der Waals surface area contributed by atoms with Crippen LogP contribution < -0.4 is 16.4 Å². The van der Waals surface area contributed by atoms with E-state index >= 15 is 0 Å². The molecule has 0 saturated heterocycles. The van der Waals surface area contributed by atoms with E-state index in [0.717, 1.165) is 11.3 Å². The molecule has 0 radical (unpaired) electrons. The van der Waals surface area contributed by atoms with Crippen LogP contribution >= 0.6 is 0 Å². The number of aliphatic imine (C=N–C) groups is 2. The first-order valence-corrected chi connectivity index (χ1v) is 6.77. The van der Waals surface area contributed by atoms with Crippen LogP contribution in [0, 0.1) is 6.92 Å². The SMILES string of the molecule is Cc1ccc(NC2=N[C@@H](c3ccccc3)N=C(N)N2)cc1. The molecule has 1 aliphatic heterocycles. The summed E-state index contributed by atoms with van der Waals surface area (Å²) in [6.07, 6.45) is -0.319. The molecular weight excluding hydrogens is 262 g/mol. The van der Waals surface area contributed by atoms with Crippen molar-refractivity contribution in [2.45, 2.75) is 13.1 Å². The molecule has 5 heteroatoms. The van der Waals surface area contributed by atoms with Crippen LogP contribution in [0.5, 0.6) is 0 Å². The van der Waals surface area contributed by atoms with Crippen LogP contribution in [-0.2, 0) is 0 Å². The number of rotatable bonds is 2. The lowest BCUT2D eigenvalue weighted by molar-refractivity contribution is 0.751. The molecule has 1 atom stereocenters. The maximum atomic E-state index is 5.85. The highest BCUT2D eigenvalue weighted by Crippen LogP contribution is 2.20. The third-order valence-corrected chi connectivity index (χ3v) is 3.17. The van der Waals surface area contributed by atoms with Gasteiger partial charge in [-0.2, -0.15) is 0 Å². The minimum atomic E-state index is -0.319. The summed E-state index contributed by atoms with van der Waals surface area (Å²) < 4.78 is 0. The second-order valence-corrected chi connectivity index (χ2v) is 4.89. The van der Waals surface area contributed by atoms with Gasteiger partial charge in [0.2, 0.25) is 5.96 Å². The van der Waals surface area contributed by atoms with E-state index in [9.17, 15) is 0 Å². The van der Waals surface area contributed by atoms with Gasteiger partial charge in [0.15, 0.2) is 12.1 Å². The Labute approximate surface area is 123 Å². The van der Waals surface area contributed by atoms with Crippen molar-refractivity contribution in [3.63, 3.8) is 0 Å². The Bertz CT molecular complexity index is 674. The molecule has 0 aliphatic carbocycles. The molecule has 5 nitrogen and oxygen atoms in total. The zero-order valence-corrected chi connectivity index (χ0v) is 11.7. The number of aryl methyl sites for hydroxylation is 1. The zero-order valence-electron chi connectivity index (χ0n) is 11.7.